The molecule has 0 amide bonds. The lowest BCUT2D eigenvalue weighted by molar-refractivity contribution is 0.0153. The minimum atomic E-state index is -3.80. The van der Waals surface area contributed by atoms with Crippen LogP contribution in [0.3, 0.4) is 0 Å². The Bertz CT molecular complexity index is 1170. The maximum atomic E-state index is 13.2. The van der Waals surface area contributed by atoms with Crippen LogP contribution in [0.25, 0.3) is 0 Å². The van der Waals surface area contributed by atoms with Gasteiger partial charge < -0.3 is 10.2 Å². The van der Waals surface area contributed by atoms with Crippen molar-refractivity contribution >= 4 is 31.4 Å². The fourth-order valence-electron chi connectivity index (χ4n) is 8.51. The molecule has 4 N–H and O–H groups in total. The number of hydrogen-bond donors (Lipinski definition) is 4. The highest BCUT2D eigenvalue weighted by Crippen LogP contribution is 2.67. The second-order valence-corrected chi connectivity index (χ2v) is 16.5. The number of hydrogen-bond acceptors (Lipinski definition) is 6. The molecule has 5 rings (SSSR count). The van der Waals surface area contributed by atoms with Crippen LogP contribution in [-0.4, -0.2) is 50.8 Å². The number of sulfonamides is 2. The van der Waals surface area contributed by atoms with E-state index in [9.17, 15) is 27.0 Å². The number of fused-ring (bicyclic) bond motifs is 4. The quantitative estimate of drug-likeness (QED) is 0.399. The van der Waals surface area contributed by atoms with Crippen LogP contribution < -0.4 is 9.44 Å². The molecule has 0 aliphatic heterocycles. The SMILES string of the molecule is CC1(C)[C@@H]2CC[C@@]1(CS(=O)(=O)Nc1cccc(NS(=O)(=O)C[C@]34CC[C@H](C[C@H]3O)C4(C)C)c1)[C@H](O)C2. The van der Waals surface area contributed by atoms with Gasteiger partial charge in [0.1, 0.15) is 0 Å². The standard InChI is InChI=1S/C26H40N2O6S2/c1-23(2)17-8-10-25(23,21(29)12-17)15-35(31,32)27-19-6-5-7-20(14-19)28-36(33,34)16-26-11-9-18(13-22(26)30)24(26,3)4/h5-7,14,17-18,21-22,27-30H,8-13,15-16H2,1-4H3/t17-,18-,21-,22-,25-,26-/m1/s1. The fraction of sp³-hybridized carbons (Fsp3) is 0.769. The number of nitrogens with one attached hydrogen (secondary N) is 2. The molecule has 8 nitrogen and oxygen atoms in total. The first-order chi connectivity index (χ1) is 16.5. The predicted molar refractivity (Wildman–Crippen MR) is 140 cm³/mol. The normalized spacial score (nSPS) is 38.4. The molecule has 4 aliphatic rings. The zero-order valence-electron chi connectivity index (χ0n) is 21.6. The van der Waals surface area contributed by atoms with Crippen molar-refractivity contribution in [2.75, 3.05) is 20.9 Å². The van der Waals surface area contributed by atoms with Crippen molar-refractivity contribution in [2.24, 2.45) is 33.5 Å². The summed E-state index contributed by atoms with van der Waals surface area (Å²) in [5.41, 5.74) is -1.36. The van der Waals surface area contributed by atoms with Crippen LogP contribution >= 0.6 is 0 Å². The van der Waals surface area contributed by atoms with Gasteiger partial charge in [0.25, 0.3) is 0 Å². The average molecular weight is 541 g/mol. The largest absolute Gasteiger partial charge is 0.392 e. The van der Waals surface area contributed by atoms with Crippen molar-refractivity contribution in [3.05, 3.63) is 24.3 Å². The van der Waals surface area contributed by atoms with Crippen molar-refractivity contribution < 1.29 is 27.0 Å². The van der Waals surface area contributed by atoms with E-state index in [1.807, 2.05) is 0 Å². The molecule has 10 heteroatoms. The zero-order valence-corrected chi connectivity index (χ0v) is 23.3. The predicted octanol–water partition coefficient (Wildman–Crippen LogP) is 3.54. The van der Waals surface area contributed by atoms with Crippen molar-refractivity contribution in [1.82, 2.24) is 0 Å². The highest BCUT2D eigenvalue weighted by Gasteiger charge is 2.66. The summed E-state index contributed by atoms with van der Waals surface area (Å²) in [6.07, 6.45) is 3.17. The summed E-state index contributed by atoms with van der Waals surface area (Å²) >= 11 is 0. The molecular weight excluding hydrogens is 500 g/mol. The highest BCUT2D eigenvalue weighted by atomic mass is 32.2. The Hall–Kier alpha value is -1.36. The molecule has 36 heavy (non-hydrogen) atoms. The summed E-state index contributed by atoms with van der Waals surface area (Å²) in [6, 6.07) is 6.26. The third-order valence-electron chi connectivity index (χ3n) is 11.1. The number of benzene rings is 1. The Morgan fingerprint density at radius 3 is 1.47 bits per heavy atom. The van der Waals surface area contributed by atoms with Crippen LogP contribution in [0.1, 0.15) is 66.2 Å². The van der Waals surface area contributed by atoms with Gasteiger partial charge in [0, 0.05) is 10.8 Å². The third kappa shape index (κ3) is 3.81. The summed E-state index contributed by atoms with van der Waals surface area (Å²) in [5.74, 6) is 0.297. The summed E-state index contributed by atoms with van der Waals surface area (Å²) < 4.78 is 58.0. The van der Waals surface area contributed by atoms with Gasteiger partial charge in [0.15, 0.2) is 0 Å². The van der Waals surface area contributed by atoms with Crippen LogP contribution in [0, 0.1) is 33.5 Å². The molecule has 0 aromatic heterocycles. The van der Waals surface area contributed by atoms with E-state index in [4.69, 9.17) is 0 Å². The zero-order chi connectivity index (χ0) is 26.4. The van der Waals surface area contributed by atoms with E-state index in [0.717, 1.165) is 12.8 Å². The smallest absolute Gasteiger partial charge is 0.233 e. The molecule has 0 unspecified atom stereocenters. The van der Waals surface area contributed by atoms with Crippen LogP contribution in [0.5, 0.6) is 0 Å². The number of aliphatic hydroxyl groups excluding tert-OH is 2. The van der Waals surface area contributed by atoms with E-state index in [-0.39, 0.29) is 33.7 Å². The molecule has 202 valence electrons. The van der Waals surface area contributed by atoms with E-state index in [2.05, 4.69) is 37.1 Å². The van der Waals surface area contributed by atoms with Gasteiger partial charge in [-0.05, 0) is 79.4 Å². The fourth-order valence-corrected chi connectivity index (χ4v) is 12.4. The number of rotatable bonds is 8. The number of anilines is 2. The van der Waals surface area contributed by atoms with Crippen LogP contribution in [0.4, 0.5) is 11.4 Å². The van der Waals surface area contributed by atoms with Crippen molar-refractivity contribution in [3.8, 4) is 0 Å². The van der Waals surface area contributed by atoms with Crippen molar-refractivity contribution in [3.63, 3.8) is 0 Å². The Balaban J connectivity index is 1.31. The van der Waals surface area contributed by atoms with Gasteiger partial charge in [-0.1, -0.05) is 33.8 Å². The monoisotopic (exact) mass is 540 g/mol. The minimum absolute atomic E-state index is 0.169. The second-order valence-electron chi connectivity index (χ2n) is 13.0. The van der Waals surface area contributed by atoms with Crippen LogP contribution in [0.15, 0.2) is 24.3 Å². The minimum Gasteiger partial charge on any atom is -0.392 e. The van der Waals surface area contributed by atoms with Crippen molar-refractivity contribution in [2.45, 2.75) is 78.4 Å². The molecular formula is C26H40N2O6S2. The van der Waals surface area contributed by atoms with Gasteiger partial charge in [-0.3, -0.25) is 9.44 Å². The van der Waals surface area contributed by atoms with Crippen LogP contribution in [0.2, 0.25) is 0 Å². The Morgan fingerprint density at radius 2 is 1.17 bits per heavy atom. The first-order valence-corrected chi connectivity index (χ1v) is 16.3. The van der Waals surface area contributed by atoms with Gasteiger partial charge in [-0.15, -0.1) is 0 Å². The molecule has 4 bridgehead atoms. The first kappa shape index (κ1) is 26.3. The van der Waals surface area contributed by atoms with Gasteiger partial charge >= 0.3 is 0 Å². The van der Waals surface area contributed by atoms with Gasteiger partial charge in [-0.25, -0.2) is 16.8 Å². The maximum Gasteiger partial charge on any atom is 0.233 e. The average Bonchev–Trinajstić information content (AvgIpc) is 3.25. The topological polar surface area (TPSA) is 133 Å². The van der Waals surface area contributed by atoms with Crippen LogP contribution in [-0.2, 0) is 20.0 Å². The molecule has 4 saturated carbocycles. The molecule has 6 atom stereocenters. The summed E-state index contributed by atoms with van der Waals surface area (Å²) in [7, 11) is -7.59. The molecule has 0 heterocycles. The lowest BCUT2D eigenvalue weighted by atomic mass is 9.70. The highest BCUT2D eigenvalue weighted by molar-refractivity contribution is 7.93. The lowest BCUT2D eigenvalue weighted by Crippen LogP contribution is -2.45. The number of aliphatic hydroxyl groups is 2. The Labute approximate surface area is 215 Å². The molecule has 4 aliphatic carbocycles. The van der Waals surface area contributed by atoms with Gasteiger partial charge in [0.05, 0.1) is 35.1 Å². The third-order valence-corrected chi connectivity index (χ3v) is 14.0. The maximum absolute atomic E-state index is 13.2. The van der Waals surface area contributed by atoms with E-state index < -0.39 is 43.1 Å². The molecule has 1 aromatic rings. The van der Waals surface area contributed by atoms with Gasteiger partial charge in [-0.2, -0.15) is 0 Å². The first-order valence-electron chi connectivity index (χ1n) is 13.0. The lowest BCUT2D eigenvalue weighted by Gasteiger charge is -2.40. The Kier molecular flexibility index (Phi) is 5.89. The summed E-state index contributed by atoms with van der Waals surface area (Å²) in [4.78, 5) is 0. The molecule has 1 aromatic carbocycles. The molecule has 4 fully saturated rings. The molecule has 0 spiro atoms. The van der Waals surface area contributed by atoms with Crippen molar-refractivity contribution in [1.29, 1.82) is 0 Å². The van der Waals surface area contributed by atoms with E-state index in [1.165, 1.54) is 6.07 Å². The van der Waals surface area contributed by atoms with E-state index in [1.54, 1.807) is 18.2 Å². The van der Waals surface area contributed by atoms with E-state index >= 15 is 0 Å². The Morgan fingerprint density at radius 1 is 0.778 bits per heavy atom. The summed E-state index contributed by atoms with van der Waals surface area (Å²) in [5, 5.41) is 21.5. The molecule has 0 radical (unpaired) electrons. The van der Waals surface area contributed by atoms with Gasteiger partial charge in [0.2, 0.25) is 20.0 Å². The van der Waals surface area contributed by atoms with E-state index in [0.29, 0.717) is 37.5 Å². The summed E-state index contributed by atoms with van der Waals surface area (Å²) in [6.45, 7) is 8.22. The molecule has 0 saturated heterocycles. The second kappa shape index (κ2) is 8.07.